The molecule has 26 heavy (non-hydrogen) atoms. The minimum atomic E-state index is -0.478. The van der Waals surface area contributed by atoms with Gasteiger partial charge in [-0.05, 0) is 59.1 Å². The second kappa shape index (κ2) is 7.09. The Morgan fingerprint density at radius 3 is 2.77 bits per heavy atom. The highest BCUT2D eigenvalue weighted by atomic mass is 16.6. The molecule has 0 saturated carbocycles. The van der Waals surface area contributed by atoms with Crippen LogP contribution in [0.1, 0.15) is 46.1 Å². The van der Waals surface area contributed by atoms with E-state index in [0.717, 1.165) is 36.1 Å². The lowest BCUT2D eigenvalue weighted by Gasteiger charge is -2.39. The maximum atomic E-state index is 12.0. The summed E-state index contributed by atoms with van der Waals surface area (Å²) in [6, 6.07) is 6.52. The molecule has 0 radical (unpaired) electrons. The van der Waals surface area contributed by atoms with Gasteiger partial charge in [0.2, 0.25) is 0 Å². The third-order valence-corrected chi connectivity index (χ3v) is 4.72. The number of hydrogen-bond donors (Lipinski definition) is 1. The van der Waals surface area contributed by atoms with Gasteiger partial charge in [0.15, 0.2) is 0 Å². The van der Waals surface area contributed by atoms with Crippen molar-refractivity contribution < 1.29 is 9.53 Å². The average Bonchev–Trinajstić information content (AvgIpc) is 2.53. The molecule has 1 N–H and O–H groups in total. The van der Waals surface area contributed by atoms with Gasteiger partial charge in [0.1, 0.15) is 17.7 Å². The summed E-state index contributed by atoms with van der Waals surface area (Å²) in [5.74, 6) is 0.983. The molecule has 3 rings (SSSR count). The fraction of sp³-hybridized carbons (Fsp3) is 0.550. The summed E-state index contributed by atoms with van der Waals surface area (Å²) in [6.45, 7) is 10.7. The Bertz CT molecular complexity index is 795. The molecule has 0 spiro atoms. The van der Waals surface area contributed by atoms with E-state index >= 15 is 0 Å². The van der Waals surface area contributed by atoms with Gasteiger partial charge in [0.25, 0.3) is 0 Å². The number of nitrogens with one attached hydrogen (secondary N) is 1. The highest BCUT2D eigenvalue weighted by Crippen LogP contribution is 2.30. The summed E-state index contributed by atoms with van der Waals surface area (Å²) in [5.41, 5.74) is 1.67. The zero-order valence-corrected chi connectivity index (χ0v) is 16.2. The van der Waals surface area contributed by atoms with E-state index in [0.29, 0.717) is 0 Å². The topological polar surface area (TPSA) is 67.4 Å². The van der Waals surface area contributed by atoms with Crippen molar-refractivity contribution in [1.29, 1.82) is 0 Å². The first kappa shape index (κ1) is 18.4. The van der Waals surface area contributed by atoms with Gasteiger partial charge in [-0.3, -0.25) is 0 Å². The minimum absolute atomic E-state index is 0.116. The highest BCUT2D eigenvalue weighted by Gasteiger charge is 2.29. The highest BCUT2D eigenvalue weighted by molar-refractivity contribution is 5.92. The largest absolute Gasteiger partial charge is 0.444 e. The number of benzene rings is 1. The van der Waals surface area contributed by atoms with Crippen LogP contribution in [0.25, 0.3) is 10.9 Å². The van der Waals surface area contributed by atoms with Crippen LogP contribution in [0.5, 0.6) is 0 Å². The Morgan fingerprint density at radius 2 is 2.08 bits per heavy atom. The van der Waals surface area contributed by atoms with Crippen molar-refractivity contribution in [3.8, 4) is 0 Å². The van der Waals surface area contributed by atoms with Crippen molar-refractivity contribution in [3.63, 3.8) is 0 Å². The summed E-state index contributed by atoms with van der Waals surface area (Å²) in [7, 11) is 0. The van der Waals surface area contributed by atoms with Gasteiger partial charge in [-0.2, -0.15) is 0 Å². The summed E-state index contributed by atoms with van der Waals surface area (Å²) < 4.78 is 5.38. The first-order chi connectivity index (χ1) is 12.2. The molecule has 1 aromatic carbocycles. The Balaban J connectivity index is 1.73. The molecule has 0 bridgehead atoms. The molecule has 2 atom stereocenters. The number of aromatic nitrogens is 2. The van der Waals surface area contributed by atoms with Crippen molar-refractivity contribution >= 4 is 22.8 Å². The number of aryl methyl sites for hydroxylation is 1. The molecule has 6 heteroatoms. The molecule has 1 amide bonds. The van der Waals surface area contributed by atoms with Gasteiger partial charge in [-0.25, -0.2) is 14.8 Å². The smallest absolute Gasteiger partial charge is 0.407 e. The van der Waals surface area contributed by atoms with Crippen molar-refractivity contribution in [2.24, 2.45) is 0 Å². The van der Waals surface area contributed by atoms with Gasteiger partial charge in [-0.15, -0.1) is 0 Å². The molecule has 2 unspecified atom stereocenters. The molecular formula is C20H28N4O2. The van der Waals surface area contributed by atoms with Crippen molar-refractivity contribution in [2.75, 3.05) is 11.4 Å². The van der Waals surface area contributed by atoms with Crippen LogP contribution in [-0.4, -0.2) is 40.3 Å². The molecule has 2 aromatic rings. The number of alkyl carbamates (subject to hydrolysis) is 1. The first-order valence-corrected chi connectivity index (χ1v) is 9.21. The zero-order chi connectivity index (χ0) is 18.9. The maximum Gasteiger partial charge on any atom is 0.407 e. The summed E-state index contributed by atoms with van der Waals surface area (Å²) in [6.07, 6.45) is 3.01. The Morgan fingerprint density at radius 1 is 1.31 bits per heavy atom. The Labute approximate surface area is 155 Å². The molecule has 140 valence electrons. The molecular weight excluding hydrogens is 328 g/mol. The predicted octanol–water partition coefficient (Wildman–Crippen LogP) is 3.82. The molecule has 1 aliphatic rings. The van der Waals surface area contributed by atoms with Crippen LogP contribution in [0.3, 0.4) is 0 Å². The summed E-state index contributed by atoms with van der Waals surface area (Å²) >= 11 is 0. The summed E-state index contributed by atoms with van der Waals surface area (Å²) in [5, 5.41) is 4.12. The Kier molecular flexibility index (Phi) is 5.03. The number of rotatable bonds is 2. The molecule has 1 fully saturated rings. The molecule has 1 aromatic heterocycles. The van der Waals surface area contributed by atoms with Crippen LogP contribution in [0.2, 0.25) is 0 Å². The van der Waals surface area contributed by atoms with Crippen LogP contribution in [0, 0.1) is 6.92 Å². The van der Waals surface area contributed by atoms with Crippen LogP contribution in [-0.2, 0) is 4.74 Å². The predicted molar refractivity (Wildman–Crippen MR) is 103 cm³/mol. The first-order valence-electron chi connectivity index (χ1n) is 9.21. The van der Waals surface area contributed by atoms with Gasteiger partial charge < -0.3 is 15.0 Å². The van der Waals surface area contributed by atoms with E-state index in [1.165, 1.54) is 5.56 Å². The second-order valence-electron chi connectivity index (χ2n) is 8.08. The number of anilines is 1. The third-order valence-electron chi connectivity index (χ3n) is 4.72. The number of amides is 1. The van der Waals surface area contributed by atoms with Crippen molar-refractivity contribution in [1.82, 2.24) is 15.3 Å². The van der Waals surface area contributed by atoms with Crippen LogP contribution in [0.4, 0.5) is 10.6 Å². The quantitative estimate of drug-likeness (QED) is 0.886. The van der Waals surface area contributed by atoms with E-state index in [2.05, 4.69) is 40.1 Å². The van der Waals surface area contributed by atoms with E-state index in [-0.39, 0.29) is 18.2 Å². The van der Waals surface area contributed by atoms with Gasteiger partial charge in [0, 0.05) is 24.0 Å². The fourth-order valence-corrected chi connectivity index (χ4v) is 3.57. The van der Waals surface area contributed by atoms with Gasteiger partial charge >= 0.3 is 6.09 Å². The molecule has 6 nitrogen and oxygen atoms in total. The van der Waals surface area contributed by atoms with Gasteiger partial charge in [-0.1, -0.05) is 12.1 Å². The number of nitrogens with zero attached hydrogens (tertiary/aromatic N) is 3. The number of carbonyl (C=O) groups is 1. The van der Waals surface area contributed by atoms with E-state index in [1.807, 2.05) is 32.9 Å². The summed E-state index contributed by atoms with van der Waals surface area (Å²) in [4.78, 5) is 23.3. The van der Waals surface area contributed by atoms with E-state index < -0.39 is 5.60 Å². The normalized spacial score (nSPS) is 20.9. The molecule has 2 heterocycles. The van der Waals surface area contributed by atoms with Gasteiger partial charge in [0.05, 0.1) is 5.52 Å². The number of ether oxygens (including phenoxy) is 1. The SMILES string of the molecule is Cc1cccc2ncnc(N3CCC(NC(=O)OC(C)(C)C)CC3C)c12. The van der Waals surface area contributed by atoms with Crippen molar-refractivity contribution in [3.05, 3.63) is 30.1 Å². The Hall–Kier alpha value is -2.37. The molecule has 0 aliphatic carbocycles. The van der Waals surface area contributed by atoms with Crippen LogP contribution < -0.4 is 10.2 Å². The molecule has 1 aliphatic heterocycles. The number of piperidine rings is 1. The lowest BCUT2D eigenvalue weighted by atomic mass is 9.97. The van der Waals surface area contributed by atoms with E-state index in [4.69, 9.17) is 4.74 Å². The monoisotopic (exact) mass is 356 g/mol. The maximum absolute atomic E-state index is 12.0. The fourth-order valence-electron chi connectivity index (χ4n) is 3.57. The second-order valence-corrected chi connectivity index (χ2v) is 8.08. The number of fused-ring (bicyclic) bond motifs is 1. The molecule has 1 saturated heterocycles. The lowest BCUT2D eigenvalue weighted by Crippen LogP contribution is -2.50. The zero-order valence-electron chi connectivity index (χ0n) is 16.2. The third kappa shape index (κ3) is 4.06. The van der Waals surface area contributed by atoms with Crippen LogP contribution >= 0.6 is 0 Å². The number of carbonyl (C=O) groups excluding carboxylic acids is 1. The van der Waals surface area contributed by atoms with E-state index in [9.17, 15) is 4.79 Å². The lowest BCUT2D eigenvalue weighted by molar-refractivity contribution is 0.0494. The van der Waals surface area contributed by atoms with E-state index in [1.54, 1.807) is 6.33 Å². The average molecular weight is 356 g/mol. The standard InChI is InChI=1S/C20H28N4O2/c1-13-7-6-8-16-17(13)18(22-12-21-16)24-10-9-15(11-14(24)2)23-19(25)26-20(3,4)5/h6-8,12,14-15H,9-11H2,1-5H3,(H,23,25). The van der Waals surface area contributed by atoms with Crippen LogP contribution in [0.15, 0.2) is 24.5 Å². The van der Waals surface area contributed by atoms with Crippen molar-refractivity contribution in [2.45, 2.75) is 65.1 Å². The minimum Gasteiger partial charge on any atom is -0.444 e. The number of hydrogen-bond acceptors (Lipinski definition) is 5.